The molecule has 7 atom stereocenters. The maximum absolute atomic E-state index is 13.1. The molecule has 0 saturated carbocycles. The number of hydrogen-bond acceptors (Lipinski definition) is 15. The van der Waals surface area contributed by atoms with Crippen LogP contribution < -0.4 is 0 Å². The number of carbonyl (C=O) groups is 4. The van der Waals surface area contributed by atoms with Crippen LogP contribution in [0.1, 0.15) is 376 Å². The molecule has 0 spiro atoms. The minimum atomic E-state index is -4.96. The van der Waals surface area contributed by atoms with E-state index in [-0.39, 0.29) is 25.7 Å². The molecule has 0 amide bonds. The van der Waals surface area contributed by atoms with Gasteiger partial charge in [0.2, 0.25) is 0 Å². The van der Waals surface area contributed by atoms with Crippen LogP contribution in [0.3, 0.4) is 0 Å². The summed E-state index contributed by atoms with van der Waals surface area (Å²) in [5.74, 6) is 0.952. The molecular weight excluding hydrogens is 1230 g/mol. The van der Waals surface area contributed by atoms with E-state index in [9.17, 15) is 43.2 Å². The monoisotopic (exact) mass is 1380 g/mol. The molecule has 94 heavy (non-hydrogen) atoms. The maximum atomic E-state index is 13.1. The SMILES string of the molecule is CCC(C)CCCCCCCCCCCCCCCCC(=O)O[C@H](COC(=O)CCCCCCCCCCCCCCC(C)C)COP(=O)(O)OC[C@@H](O)COP(=O)(O)OC[C@@H](COC(=O)CCCCCCCCC(C)CC)OC(=O)CCCCCCCCCCC(C)C. The average molecular weight is 1380 g/mol. The Bertz CT molecular complexity index is 1850. The molecule has 0 radical (unpaired) electrons. The summed E-state index contributed by atoms with van der Waals surface area (Å²) in [6.07, 6.45) is 48.6. The van der Waals surface area contributed by atoms with Crippen molar-refractivity contribution in [2.45, 2.75) is 395 Å². The summed E-state index contributed by atoms with van der Waals surface area (Å²) >= 11 is 0. The Balaban J connectivity index is 5.25. The van der Waals surface area contributed by atoms with Crippen LogP contribution >= 0.6 is 15.6 Å². The first-order chi connectivity index (χ1) is 45.2. The average Bonchev–Trinajstić information content (AvgIpc) is 1.27. The van der Waals surface area contributed by atoms with Gasteiger partial charge in [-0.15, -0.1) is 0 Å². The third-order valence-electron chi connectivity index (χ3n) is 18.0. The van der Waals surface area contributed by atoms with Gasteiger partial charge in [-0.05, 0) is 49.4 Å². The summed E-state index contributed by atoms with van der Waals surface area (Å²) in [5.41, 5.74) is 0. The van der Waals surface area contributed by atoms with Crippen LogP contribution in [0.25, 0.3) is 0 Å². The Hall–Kier alpha value is -1.94. The summed E-state index contributed by atoms with van der Waals surface area (Å²) in [6.45, 7) is 14.2. The number of aliphatic hydroxyl groups excluding tert-OH is 1. The van der Waals surface area contributed by atoms with Crippen molar-refractivity contribution in [1.82, 2.24) is 0 Å². The van der Waals surface area contributed by atoms with Crippen molar-refractivity contribution < 1.29 is 80.2 Å². The van der Waals surface area contributed by atoms with Gasteiger partial charge in [0.25, 0.3) is 0 Å². The van der Waals surface area contributed by atoms with E-state index in [2.05, 4.69) is 55.4 Å². The van der Waals surface area contributed by atoms with Crippen LogP contribution in [0.2, 0.25) is 0 Å². The highest BCUT2D eigenvalue weighted by molar-refractivity contribution is 7.47. The van der Waals surface area contributed by atoms with Crippen molar-refractivity contribution in [3.05, 3.63) is 0 Å². The van der Waals surface area contributed by atoms with E-state index in [0.29, 0.717) is 25.7 Å². The summed E-state index contributed by atoms with van der Waals surface area (Å²) in [7, 11) is -9.91. The Morgan fingerprint density at radius 2 is 0.511 bits per heavy atom. The van der Waals surface area contributed by atoms with Crippen LogP contribution in [-0.4, -0.2) is 96.7 Å². The molecule has 19 heteroatoms. The second-order valence-electron chi connectivity index (χ2n) is 28.5. The molecule has 0 aliphatic heterocycles. The summed E-state index contributed by atoms with van der Waals surface area (Å²) in [4.78, 5) is 72.7. The van der Waals surface area contributed by atoms with Crippen molar-refractivity contribution in [2.24, 2.45) is 23.7 Å². The number of phosphoric acid groups is 2. The molecule has 0 saturated heterocycles. The van der Waals surface area contributed by atoms with Crippen molar-refractivity contribution in [3.8, 4) is 0 Å². The highest BCUT2D eigenvalue weighted by atomic mass is 31.2. The van der Waals surface area contributed by atoms with Gasteiger partial charge in [-0.1, -0.05) is 325 Å². The fourth-order valence-corrected chi connectivity index (χ4v) is 12.9. The van der Waals surface area contributed by atoms with Crippen LogP contribution in [0.4, 0.5) is 0 Å². The lowest BCUT2D eigenvalue weighted by molar-refractivity contribution is -0.161. The quantitative estimate of drug-likeness (QED) is 0.0222. The van der Waals surface area contributed by atoms with Crippen molar-refractivity contribution in [1.29, 1.82) is 0 Å². The van der Waals surface area contributed by atoms with Crippen LogP contribution in [0.5, 0.6) is 0 Å². The number of rotatable bonds is 72. The van der Waals surface area contributed by atoms with Crippen molar-refractivity contribution >= 4 is 39.5 Å². The van der Waals surface area contributed by atoms with E-state index < -0.39 is 97.5 Å². The highest BCUT2D eigenvalue weighted by Crippen LogP contribution is 2.45. The fourth-order valence-electron chi connectivity index (χ4n) is 11.3. The summed E-state index contributed by atoms with van der Waals surface area (Å²) < 4.78 is 68.5. The van der Waals surface area contributed by atoms with E-state index >= 15 is 0 Å². The van der Waals surface area contributed by atoms with Crippen LogP contribution in [0, 0.1) is 23.7 Å². The van der Waals surface area contributed by atoms with Gasteiger partial charge in [0.15, 0.2) is 12.2 Å². The van der Waals surface area contributed by atoms with Gasteiger partial charge in [0.05, 0.1) is 26.4 Å². The molecule has 0 aromatic carbocycles. The Kier molecular flexibility index (Phi) is 63.1. The number of hydrogen-bond donors (Lipinski definition) is 3. The third kappa shape index (κ3) is 66.0. The molecule has 4 unspecified atom stereocenters. The second-order valence-corrected chi connectivity index (χ2v) is 31.4. The zero-order valence-corrected chi connectivity index (χ0v) is 63.4. The van der Waals surface area contributed by atoms with Gasteiger partial charge in [-0.25, -0.2) is 9.13 Å². The third-order valence-corrected chi connectivity index (χ3v) is 19.9. The number of ether oxygens (including phenoxy) is 4. The Morgan fingerprint density at radius 1 is 0.298 bits per heavy atom. The molecular formula is C75H146O17P2. The number of aliphatic hydroxyl groups is 1. The largest absolute Gasteiger partial charge is 0.472 e. The molecule has 558 valence electrons. The van der Waals surface area contributed by atoms with Gasteiger partial charge in [0, 0.05) is 25.7 Å². The first-order valence-corrected chi connectivity index (χ1v) is 41.8. The molecule has 0 heterocycles. The van der Waals surface area contributed by atoms with Crippen molar-refractivity contribution in [2.75, 3.05) is 39.6 Å². The fraction of sp³-hybridized carbons (Fsp3) is 0.947. The first-order valence-electron chi connectivity index (χ1n) is 38.8. The Morgan fingerprint density at radius 3 is 0.755 bits per heavy atom. The predicted octanol–water partition coefficient (Wildman–Crippen LogP) is 21.7. The van der Waals surface area contributed by atoms with Gasteiger partial charge < -0.3 is 33.8 Å². The predicted molar refractivity (Wildman–Crippen MR) is 381 cm³/mol. The maximum Gasteiger partial charge on any atom is 0.472 e. The van der Waals surface area contributed by atoms with E-state index in [1.807, 2.05) is 0 Å². The molecule has 0 bridgehead atoms. The number of unbranched alkanes of at least 4 members (excludes halogenated alkanes) is 36. The molecule has 0 aliphatic carbocycles. The number of carbonyl (C=O) groups excluding carboxylic acids is 4. The van der Waals surface area contributed by atoms with E-state index in [1.54, 1.807) is 0 Å². The normalized spacial score (nSPS) is 14.7. The molecule has 3 N–H and O–H groups in total. The van der Waals surface area contributed by atoms with Gasteiger partial charge in [-0.3, -0.25) is 37.3 Å². The summed E-state index contributed by atoms with van der Waals surface area (Å²) in [6, 6.07) is 0. The van der Waals surface area contributed by atoms with Gasteiger partial charge in [0.1, 0.15) is 19.3 Å². The van der Waals surface area contributed by atoms with Crippen molar-refractivity contribution in [3.63, 3.8) is 0 Å². The van der Waals surface area contributed by atoms with E-state index in [0.717, 1.165) is 120 Å². The highest BCUT2D eigenvalue weighted by Gasteiger charge is 2.30. The van der Waals surface area contributed by atoms with Gasteiger partial charge in [-0.2, -0.15) is 0 Å². The molecule has 0 aromatic rings. The second kappa shape index (κ2) is 64.4. The zero-order chi connectivity index (χ0) is 69.6. The zero-order valence-electron chi connectivity index (χ0n) is 61.6. The molecule has 0 fully saturated rings. The lowest BCUT2D eigenvalue weighted by Crippen LogP contribution is -2.30. The number of esters is 4. The minimum Gasteiger partial charge on any atom is -0.462 e. The minimum absolute atomic E-state index is 0.103. The molecule has 0 rings (SSSR count). The topological polar surface area (TPSA) is 237 Å². The lowest BCUT2D eigenvalue weighted by atomic mass is 9.99. The summed E-state index contributed by atoms with van der Waals surface area (Å²) in [5, 5.41) is 10.6. The van der Waals surface area contributed by atoms with E-state index in [4.69, 9.17) is 37.0 Å². The van der Waals surface area contributed by atoms with Crippen LogP contribution in [-0.2, 0) is 65.4 Å². The van der Waals surface area contributed by atoms with E-state index in [1.165, 1.54) is 173 Å². The molecule has 0 aliphatic rings. The Labute approximate surface area is 575 Å². The molecule has 17 nitrogen and oxygen atoms in total. The lowest BCUT2D eigenvalue weighted by Gasteiger charge is -2.21. The molecule has 0 aromatic heterocycles. The number of phosphoric ester groups is 2. The van der Waals surface area contributed by atoms with Gasteiger partial charge >= 0.3 is 39.5 Å². The smallest absolute Gasteiger partial charge is 0.462 e. The first kappa shape index (κ1) is 92.1. The standard InChI is InChI=1S/C75H146O17P2/c1-9-67(7)53-45-37-29-22-18-13-11-12-14-20-24-31-41-49-57-74(79)91-70(61-85-72(77)55-47-39-30-23-19-16-15-17-21-27-35-43-51-65(3)4)63-89-93(81,82)87-59-69(76)60-88-94(83,84)90-64-71(62-86-73(78)56-48-40-34-33-38-46-54-68(8)10-2)92-75(80)58-50-42-32-26-25-28-36-44-52-66(5)6/h65-71,76H,9-64H2,1-8H3,(H,81,82)(H,83,84)/t67?,68?,69-,70-,71-/m1/s1. The van der Waals surface area contributed by atoms with Crippen LogP contribution in [0.15, 0.2) is 0 Å².